The first-order valence-corrected chi connectivity index (χ1v) is 5.20. The number of terminal acetylenes is 3. The fourth-order valence-electron chi connectivity index (χ4n) is 0. The normalized spacial score (nSPS) is 7.12. The quantitative estimate of drug-likeness (QED) is 0.425. The summed E-state index contributed by atoms with van der Waals surface area (Å²) in [6.45, 7) is 11.9. The molecule has 1 heteroatoms. The molecule has 0 aliphatic heterocycles. The molecular weight excluding hydrogens is 187 g/mol. The SMILES string of the molecule is C#CC(C)C.C#CC(C)C.C#CC(C)C.[Li]. The fraction of sp³-hybridized carbons (Fsp3) is 0.600. The Morgan fingerprint density at radius 3 is 0.625 bits per heavy atom. The van der Waals surface area contributed by atoms with E-state index in [0.717, 1.165) is 0 Å². The van der Waals surface area contributed by atoms with E-state index in [9.17, 15) is 0 Å². The summed E-state index contributed by atoms with van der Waals surface area (Å²) in [7, 11) is 0. The molecule has 0 aromatic carbocycles. The van der Waals surface area contributed by atoms with E-state index in [4.69, 9.17) is 19.3 Å². The average molecular weight is 211 g/mol. The number of rotatable bonds is 0. The first-order valence-electron chi connectivity index (χ1n) is 5.20. The number of hydrogen-bond acceptors (Lipinski definition) is 0. The topological polar surface area (TPSA) is 0 Å². The molecule has 16 heavy (non-hydrogen) atoms. The van der Waals surface area contributed by atoms with Crippen LogP contribution in [0, 0.1) is 54.8 Å². The minimum absolute atomic E-state index is 0. The molecule has 0 unspecified atom stereocenters. The van der Waals surface area contributed by atoms with E-state index in [2.05, 4.69) is 17.8 Å². The molecule has 0 rings (SSSR count). The van der Waals surface area contributed by atoms with E-state index < -0.39 is 0 Å². The molecule has 0 heterocycles. The summed E-state index contributed by atoms with van der Waals surface area (Å²) in [6.07, 6.45) is 14.8. The predicted molar refractivity (Wildman–Crippen MR) is 76.8 cm³/mol. The molecular formula is C15H24Li. The van der Waals surface area contributed by atoms with Gasteiger partial charge in [0, 0.05) is 36.6 Å². The van der Waals surface area contributed by atoms with Crippen LogP contribution >= 0.6 is 0 Å². The van der Waals surface area contributed by atoms with Gasteiger partial charge in [-0.25, -0.2) is 0 Å². The number of hydrogen-bond donors (Lipinski definition) is 0. The van der Waals surface area contributed by atoms with Crippen molar-refractivity contribution in [3.63, 3.8) is 0 Å². The minimum Gasteiger partial charge on any atom is -0.120 e. The summed E-state index contributed by atoms with van der Waals surface area (Å²) in [5.74, 6) is 8.82. The van der Waals surface area contributed by atoms with Gasteiger partial charge in [-0.15, -0.1) is 37.0 Å². The van der Waals surface area contributed by atoms with Gasteiger partial charge in [0.05, 0.1) is 0 Å². The molecule has 0 atom stereocenters. The third kappa shape index (κ3) is 71.9. The Balaban J connectivity index is -0.0000000655. The van der Waals surface area contributed by atoms with Gasteiger partial charge >= 0.3 is 0 Å². The summed E-state index contributed by atoms with van der Waals surface area (Å²) in [5, 5.41) is 0. The van der Waals surface area contributed by atoms with Gasteiger partial charge in [0.25, 0.3) is 0 Å². The predicted octanol–water partition coefficient (Wildman–Crippen LogP) is 3.45. The van der Waals surface area contributed by atoms with Crippen LogP contribution in [0.5, 0.6) is 0 Å². The fourth-order valence-corrected chi connectivity index (χ4v) is 0. The van der Waals surface area contributed by atoms with Crippen LogP contribution in [-0.2, 0) is 0 Å². The second kappa shape index (κ2) is 19.8. The summed E-state index contributed by atoms with van der Waals surface area (Å²) in [5.41, 5.74) is 0. The van der Waals surface area contributed by atoms with Crippen molar-refractivity contribution in [2.45, 2.75) is 41.5 Å². The van der Waals surface area contributed by atoms with Crippen LogP contribution in [0.1, 0.15) is 41.5 Å². The molecule has 0 nitrogen and oxygen atoms in total. The minimum atomic E-state index is 0. The Morgan fingerprint density at radius 1 is 0.562 bits per heavy atom. The molecule has 1 radical (unpaired) electrons. The van der Waals surface area contributed by atoms with Crippen LogP contribution in [0.25, 0.3) is 0 Å². The Bertz CT molecular complexity index is 185. The average Bonchev–Trinajstić information content (AvgIpc) is 2.19. The molecule has 0 amide bonds. The van der Waals surface area contributed by atoms with E-state index in [1.807, 2.05) is 41.5 Å². The molecule has 0 aromatic rings. The largest absolute Gasteiger partial charge is 0.120 e. The second-order valence-electron chi connectivity index (χ2n) is 3.96. The van der Waals surface area contributed by atoms with Crippen LogP contribution in [0.15, 0.2) is 0 Å². The van der Waals surface area contributed by atoms with Gasteiger partial charge in [-0.05, 0) is 0 Å². The Hall–Kier alpha value is -0.723. The molecule has 0 bridgehead atoms. The molecule has 0 aromatic heterocycles. The van der Waals surface area contributed by atoms with Crippen LogP contribution < -0.4 is 0 Å². The zero-order valence-corrected chi connectivity index (χ0v) is 12.0. The molecule has 0 N–H and O–H groups in total. The van der Waals surface area contributed by atoms with Gasteiger partial charge < -0.3 is 0 Å². The van der Waals surface area contributed by atoms with Crippen LogP contribution in [-0.4, -0.2) is 18.9 Å². The smallest absolute Gasteiger partial charge is 0.0143 e. The molecule has 0 spiro atoms. The van der Waals surface area contributed by atoms with Gasteiger partial charge in [0.2, 0.25) is 0 Å². The summed E-state index contributed by atoms with van der Waals surface area (Å²) < 4.78 is 0. The second-order valence-corrected chi connectivity index (χ2v) is 3.96. The van der Waals surface area contributed by atoms with Gasteiger partial charge in [-0.3, -0.25) is 0 Å². The molecule has 0 aliphatic carbocycles. The van der Waals surface area contributed by atoms with Crippen molar-refractivity contribution >= 4 is 18.9 Å². The Labute approximate surface area is 115 Å². The van der Waals surface area contributed by atoms with Gasteiger partial charge in [0.1, 0.15) is 0 Å². The maximum atomic E-state index is 4.92. The zero-order chi connectivity index (χ0) is 12.9. The third-order valence-corrected chi connectivity index (χ3v) is 1.00. The molecule has 0 fully saturated rings. The van der Waals surface area contributed by atoms with Crippen molar-refractivity contribution in [3.05, 3.63) is 0 Å². The standard InChI is InChI=1S/3C5H8.Li/c3*1-4-5(2)3;/h3*1,5H,2-3H3;. The Morgan fingerprint density at radius 2 is 0.625 bits per heavy atom. The molecule has 85 valence electrons. The van der Waals surface area contributed by atoms with Crippen LogP contribution in [0.3, 0.4) is 0 Å². The van der Waals surface area contributed by atoms with Crippen molar-refractivity contribution in [2.24, 2.45) is 17.8 Å². The van der Waals surface area contributed by atoms with E-state index in [-0.39, 0.29) is 18.9 Å². The first kappa shape index (κ1) is 24.5. The van der Waals surface area contributed by atoms with Crippen molar-refractivity contribution in [1.82, 2.24) is 0 Å². The third-order valence-electron chi connectivity index (χ3n) is 1.00. The van der Waals surface area contributed by atoms with E-state index in [0.29, 0.717) is 17.8 Å². The summed E-state index contributed by atoms with van der Waals surface area (Å²) >= 11 is 0. The van der Waals surface area contributed by atoms with Crippen molar-refractivity contribution in [3.8, 4) is 37.0 Å². The molecule has 0 saturated carbocycles. The van der Waals surface area contributed by atoms with Crippen molar-refractivity contribution in [2.75, 3.05) is 0 Å². The first-order chi connectivity index (χ1) is 6.81. The monoisotopic (exact) mass is 211 g/mol. The van der Waals surface area contributed by atoms with Gasteiger partial charge in [-0.1, -0.05) is 41.5 Å². The van der Waals surface area contributed by atoms with Crippen LogP contribution in [0.4, 0.5) is 0 Å². The van der Waals surface area contributed by atoms with E-state index in [1.54, 1.807) is 0 Å². The zero-order valence-electron chi connectivity index (χ0n) is 12.0. The maximum Gasteiger partial charge on any atom is 0.0143 e. The van der Waals surface area contributed by atoms with Crippen LogP contribution in [0.2, 0.25) is 0 Å². The molecule has 0 aliphatic rings. The van der Waals surface area contributed by atoms with E-state index in [1.165, 1.54) is 0 Å². The summed E-state index contributed by atoms with van der Waals surface area (Å²) in [6, 6.07) is 0. The molecule has 0 saturated heterocycles. The van der Waals surface area contributed by atoms with Gasteiger partial charge in [-0.2, -0.15) is 0 Å². The van der Waals surface area contributed by atoms with Gasteiger partial charge in [0.15, 0.2) is 0 Å². The Kier molecular flexibility index (Phi) is 30.3. The summed E-state index contributed by atoms with van der Waals surface area (Å²) in [4.78, 5) is 0. The van der Waals surface area contributed by atoms with Crippen molar-refractivity contribution < 1.29 is 0 Å². The maximum absolute atomic E-state index is 4.92. The van der Waals surface area contributed by atoms with E-state index >= 15 is 0 Å². The van der Waals surface area contributed by atoms with Crippen molar-refractivity contribution in [1.29, 1.82) is 0 Å².